The van der Waals surface area contributed by atoms with Crippen LogP contribution < -0.4 is 11.1 Å². The number of carbonyl (C=O) groups is 1. The number of amides is 1. The third-order valence-electron chi connectivity index (χ3n) is 6.44. The second kappa shape index (κ2) is 7.62. The van der Waals surface area contributed by atoms with Gasteiger partial charge in [-0.1, -0.05) is 24.4 Å². The highest BCUT2D eigenvalue weighted by molar-refractivity contribution is 5.85. The fraction of sp³-hybridized carbons (Fsp3) is 0.833. The molecule has 140 valence electrons. The molecule has 1 amide bonds. The number of fused-ring (bicyclic) bond motifs is 2. The summed E-state index contributed by atoms with van der Waals surface area (Å²) >= 11 is 0. The van der Waals surface area contributed by atoms with E-state index in [1.807, 2.05) is 6.92 Å². The first-order valence-electron chi connectivity index (χ1n) is 9.53. The van der Waals surface area contributed by atoms with Crippen LogP contribution in [-0.4, -0.2) is 22.1 Å². The van der Waals surface area contributed by atoms with Crippen molar-refractivity contribution in [3.63, 3.8) is 0 Å². The average molecular weight is 369 g/mol. The van der Waals surface area contributed by atoms with Crippen LogP contribution in [0.5, 0.6) is 0 Å². The minimum absolute atomic E-state index is 0. The van der Waals surface area contributed by atoms with E-state index in [-0.39, 0.29) is 36.3 Å². The number of hydrogen-bond donors (Lipinski definition) is 2. The van der Waals surface area contributed by atoms with Gasteiger partial charge in [0.1, 0.15) is 6.04 Å². The van der Waals surface area contributed by atoms with Crippen LogP contribution in [0.2, 0.25) is 0 Å². The predicted octanol–water partition coefficient (Wildman–Crippen LogP) is 3.09. The molecule has 3 N–H and O–H groups in total. The van der Waals surface area contributed by atoms with Crippen molar-refractivity contribution in [2.75, 3.05) is 0 Å². The summed E-state index contributed by atoms with van der Waals surface area (Å²) in [7, 11) is 0. The molecule has 0 aromatic carbocycles. The lowest BCUT2D eigenvalue weighted by atomic mass is 9.84. The van der Waals surface area contributed by atoms with Crippen LogP contribution in [0.3, 0.4) is 0 Å². The molecule has 4 rings (SSSR count). The van der Waals surface area contributed by atoms with E-state index in [2.05, 4.69) is 15.5 Å². The maximum atomic E-state index is 12.7. The van der Waals surface area contributed by atoms with Gasteiger partial charge in [-0.3, -0.25) is 4.79 Å². The Morgan fingerprint density at radius 3 is 2.60 bits per heavy atom. The fourth-order valence-corrected chi connectivity index (χ4v) is 5.05. The second-order valence-electron chi connectivity index (χ2n) is 7.99. The smallest absolute Gasteiger partial charge is 0.248 e. The molecule has 1 aromatic heterocycles. The SMILES string of the molecule is CC(NC(=O)C1C2CCC(C2)C1N)c1nc(C2CCCCC2)no1.Cl. The lowest BCUT2D eigenvalue weighted by molar-refractivity contribution is -0.127. The molecule has 3 saturated carbocycles. The maximum Gasteiger partial charge on any atom is 0.248 e. The van der Waals surface area contributed by atoms with Crippen molar-refractivity contribution in [1.82, 2.24) is 15.5 Å². The molecule has 1 aromatic rings. The first kappa shape index (κ1) is 18.6. The van der Waals surface area contributed by atoms with Crippen molar-refractivity contribution in [2.24, 2.45) is 23.5 Å². The topological polar surface area (TPSA) is 94.0 Å². The number of nitrogens with two attached hydrogens (primary N) is 1. The van der Waals surface area contributed by atoms with Gasteiger partial charge in [-0.2, -0.15) is 4.98 Å². The third-order valence-corrected chi connectivity index (χ3v) is 6.44. The van der Waals surface area contributed by atoms with E-state index in [4.69, 9.17) is 10.3 Å². The standard InChI is InChI=1S/C18H28N4O2.ClH/c1-10(18-21-16(22-24-18)11-5-3-2-4-6-11)20-17(23)14-12-7-8-13(9-12)15(14)19;/h10-15H,2-9,19H2,1H3,(H,20,23);1H. The zero-order valence-corrected chi connectivity index (χ0v) is 15.6. The Balaban J connectivity index is 0.00000182. The molecule has 0 aliphatic heterocycles. The van der Waals surface area contributed by atoms with Crippen molar-refractivity contribution in [3.05, 3.63) is 11.7 Å². The highest BCUT2D eigenvalue weighted by Crippen LogP contribution is 2.47. The number of hydrogen-bond acceptors (Lipinski definition) is 5. The molecule has 5 atom stereocenters. The molecule has 5 unspecified atom stereocenters. The largest absolute Gasteiger partial charge is 0.344 e. The summed E-state index contributed by atoms with van der Waals surface area (Å²) in [6.07, 6.45) is 9.49. The summed E-state index contributed by atoms with van der Waals surface area (Å²) in [5.41, 5.74) is 6.27. The van der Waals surface area contributed by atoms with Gasteiger partial charge < -0.3 is 15.6 Å². The molecule has 0 saturated heterocycles. The molecule has 0 radical (unpaired) electrons. The van der Waals surface area contributed by atoms with Crippen molar-refractivity contribution in [3.8, 4) is 0 Å². The maximum absolute atomic E-state index is 12.7. The lowest BCUT2D eigenvalue weighted by Crippen LogP contribution is -2.45. The highest BCUT2D eigenvalue weighted by Gasteiger charge is 2.49. The Morgan fingerprint density at radius 2 is 1.92 bits per heavy atom. The van der Waals surface area contributed by atoms with E-state index >= 15 is 0 Å². The van der Waals surface area contributed by atoms with Gasteiger partial charge in [0.2, 0.25) is 11.8 Å². The molecule has 2 bridgehead atoms. The normalized spacial score (nSPS) is 33.0. The fourth-order valence-electron chi connectivity index (χ4n) is 5.05. The lowest BCUT2D eigenvalue weighted by Gasteiger charge is -2.27. The summed E-state index contributed by atoms with van der Waals surface area (Å²) in [5, 5.41) is 7.21. The summed E-state index contributed by atoms with van der Waals surface area (Å²) in [4.78, 5) is 17.2. The van der Waals surface area contributed by atoms with E-state index in [0.29, 0.717) is 23.6 Å². The van der Waals surface area contributed by atoms with E-state index in [9.17, 15) is 4.79 Å². The minimum Gasteiger partial charge on any atom is -0.344 e. The van der Waals surface area contributed by atoms with Crippen molar-refractivity contribution < 1.29 is 9.32 Å². The van der Waals surface area contributed by atoms with E-state index in [1.54, 1.807) is 0 Å². The first-order valence-corrected chi connectivity index (χ1v) is 9.53. The van der Waals surface area contributed by atoms with Gasteiger partial charge in [0.25, 0.3) is 0 Å². The van der Waals surface area contributed by atoms with Gasteiger partial charge in [-0.15, -0.1) is 12.4 Å². The minimum atomic E-state index is -0.256. The van der Waals surface area contributed by atoms with Gasteiger partial charge in [0.15, 0.2) is 5.82 Å². The second-order valence-corrected chi connectivity index (χ2v) is 7.99. The average Bonchev–Trinajstić information content (AvgIpc) is 3.31. The van der Waals surface area contributed by atoms with E-state index in [0.717, 1.165) is 31.5 Å². The number of rotatable bonds is 4. The number of halogens is 1. The Bertz CT molecular complexity index is 600. The van der Waals surface area contributed by atoms with Gasteiger partial charge >= 0.3 is 0 Å². The number of nitrogens with zero attached hydrogens (tertiary/aromatic N) is 2. The van der Waals surface area contributed by atoms with Crippen LogP contribution in [0.25, 0.3) is 0 Å². The van der Waals surface area contributed by atoms with Gasteiger partial charge in [-0.25, -0.2) is 0 Å². The highest BCUT2D eigenvalue weighted by atomic mass is 35.5. The Morgan fingerprint density at radius 1 is 1.20 bits per heavy atom. The van der Waals surface area contributed by atoms with Gasteiger partial charge in [0.05, 0.1) is 5.92 Å². The Hall–Kier alpha value is -1.14. The zero-order chi connectivity index (χ0) is 16.7. The summed E-state index contributed by atoms with van der Waals surface area (Å²) in [5.74, 6) is 2.73. The summed E-state index contributed by atoms with van der Waals surface area (Å²) in [6.45, 7) is 1.91. The molecular formula is C18H29ClN4O2. The number of aromatic nitrogens is 2. The molecule has 0 spiro atoms. The Labute approximate surface area is 155 Å². The molecule has 25 heavy (non-hydrogen) atoms. The number of carbonyl (C=O) groups excluding carboxylic acids is 1. The molecule has 3 aliphatic rings. The van der Waals surface area contributed by atoms with Crippen LogP contribution in [0.15, 0.2) is 4.52 Å². The monoisotopic (exact) mass is 368 g/mol. The van der Waals surface area contributed by atoms with E-state index in [1.165, 1.54) is 25.7 Å². The molecule has 7 heteroatoms. The third kappa shape index (κ3) is 3.56. The molecule has 1 heterocycles. The quantitative estimate of drug-likeness (QED) is 0.851. The number of nitrogens with one attached hydrogen (secondary N) is 1. The van der Waals surface area contributed by atoms with Gasteiger partial charge in [0, 0.05) is 12.0 Å². The van der Waals surface area contributed by atoms with Gasteiger partial charge in [-0.05, 0) is 50.9 Å². The van der Waals surface area contributed by atoms with Crippen LogP contribution in [0.4, 0.5) is 0 Å². The van der Waals surface area contributed by atoms with Crippen LogP contribution in [0.1, 0.15) is 82.0 Å². The molecule has 3 fully saturated rings. The van der Waals surface area contributed by atoms with Crippen LogP contribution in [0, 0.1) is 17.8 Å². The van der Waals surface area contributed by atoms with Crippen LogP contribution in [-0.2, 0) is 4.79 Å². The summed E-state index contributed by atoms with van der Waals surface area (Å²) in [6, 6.07) is -0.245. The van der Waals surface area contributed by atoms with Crippen molar-refractivity contribution >= 4 is 18.3 Å². The van der Waals surface area contributed by atoms with E-state index < -0.39 is 0 Å². The predicted molar refractivity (Wildman–Crippen MR) is 96.2 cm³/mol. The Kier molecular flexibility index (Phi) is 5.68. The molecular weight excluding hydrogens is 340 g/mol. The van der Waals surface area contributed by atoms with Crippen molar-refractivity contribution in [1.29, 1.82) is 0 Å². The summed E-state index contributed by atoms with van der Waals surface area (Å²) < 4.78 is 5.42. The molecule has 6 nitrogen and oxygen atoms in total. The van der Waals surface area contributed by atoms with Crippen molar-refractivity contribution in [2.45, 2.75) is 76.3 Å². The zero-order valence-electron chi connectivity index (χ0n) is 14.8. The van der Waals surface area contributed by atoms with Crippen LogP contribution >= 0.6 is 12.4 Å². The first-order chi connectivity index (χ1) is 11.6. The molecule has 3 aliphatic carbocycles.